The maximum absolute atomic E-state index is 12.9. The minimum absolute atomic E-state index is 0.0698. The topological polar surface area (TPSA) is 82.3 Å². The minimum atomic E-state index is -1.10. The van der Waals surface area contributed by atoms with Crippen molar-refractivity contribution in [1.29, 1.82) is 0 Å². The minimum Gasteiger partial charge on any atom is -0.452 e. The summed E-state index contributed by atoms with van der Waals surface area (Å²) in [5.74, 6) is -1.21. The van der Waals surface area contributed by atoms with E-state index in [2.05, 4.69) is 5.32 Å². The van der Waals surface area contributed by atoms with E-state index in [4.69, 9.17) is 27.9 Å². The number of halogens is 2. The number of anilines is 1. The normalized spacial score (nSPS) is 11.8. The third kappa shape index (κ3) is 5.00. The van der Waals surface area contributed by atoms with Crippen LogP contribution in [0.1, 0.15) is 18.2 Å². The van der Waals surface area contributed by atoms with E-state index in [0.717, 1.165) is 0 Å². The molecule has 2 aromatic carbocycles. The van der Waals surface area contributed by atoms with Gasteiger partial charge in [0.25, 0.3) is 11.5 Å². The van der Waals surface area contributed by atoms with Crippen LogP contribution in [-0.2, 0) is 27.8 Å². The predicted octanol–water partition coefficient (Wildman–Crippen LogP) is 3.90. The predicted molar refractivity (Wildman–Crippen MR) is 120 cm³/mol. The first-order valence-electron chi connectivity index (χ1n) is 9.47. The first-order chi connectivity index (χ1) is 14.7. The second kappa shape index (κ2) is 9.41. The van der Waals surface area contributed by atoms with E-state index >= 15 is 0 Å². The summed E-state index contributed by atoms with van der Waals surface area (Å²) >= 11 is 11.8. The van der Waals surface area contributed by atoms with Crippen LogP contribution in [0.3, 0.4) is 0 Å². The van der Waals surface area contributed by atoms with Crippen LogP contribution in [-0.4, -0.2) is 27.3 Å². The van der Waals surface area contributed by atoms with Gasteiger partial charge in [0, 0.05) is 7.05 Å². The Hall–Kier alpha value is -3.03. The quantitative estimate of drug-likeness (QED) is 0.564. The van der Waals surface area contributed by atoms with Crippen molar-refractivity contribution in [2.75, 3.05) is 5.32 Å². The van der Waals surface area contributed by atoms with E-state index in [9.17, 15) is 14.4 Å². The molecule has 0 aliphatic heterocycles. The Morgan fingerprint density at radius 1 is 1.10 bits per heavy atom. The van der Waals surface area contributed by atoms with Crippen molar-refractivity contribution >= 4 is 40.8 Å². The van der Waals surface area contributed by atoms with Crippen molar-refractivity contribution in [1.82, 2.24) is 9.36 Å². The molecule has 0 saturated carbocycles. The molecule has 9 heteroatoms. The molecule has 31 heavy (non-hydrogen) atoms. The van der Waals surface area contributed by atoms with Gasteiger partial charge < -0.3 is 10.1 Å². The highest BCUT2D eigenvalue weighted by Gasteiger charge is 2.23. The van der Waals surface area contributed by atoms with Crippen molar-refractivity contribution in [2.24, 2.45) is 7.05 Å². The van der Waals surface area contributed by atoms with Gasteiger partial charge in [-0.05, 0) is 43.7 Å². The van der Waals surface area contributed by atoms with Crippen LogP contribution in [0.25, 0.3) is 5.69 Å². The SMILES string of the molecule is Cc1c(NC(=O)C(C)OC(=O)Cc2ccc(Cl)c(Cl)c2)c(=O)n(-c2ccccc2)n1C. The smallest absolute Gasteiger partial charge is 0.311 e. The first kappa shape index (κ1) is 22.7. The van der Waals surface area contributed by atoms with E-state index in [-0.39, 0.29) is 17.7 Å². The van der Waals surface area contributed by atoms with Crippen LogP contribution < -0.4 is 10.9 Å². The number of hydrogen-bond acceptors (Lipinski definition) is 4. The van der Waals surface area contributed by atoms with Gasteiger partial charge in [0.2, 0.25) is 0 Å². The standard InChI is InChI=1S/C22H21Cl2N3O4/c1-13-20(22(30)27(26(13)3)16-7-5-4-6-8-16)25-21(29)14(2)31-19(28)12-15-9-10-17(23)18(24)11-15/h4-11,14H,12H2,1-3H3,(H,25,29). The maximum Gasteiger partial charge on any atom is 0.311 e. The molecule has 0 radical (unpaired) electrons. The van der Waals surface area contributed by atoms with Crippen LogP contribution >= 0.6 is 23.2 Å². The number of para-hydroxylation sites is 1. The molecule has 1 aromatic heterocycles. The molecule has 0 spiro atoms. The Morgan fingerprint density at radius 2 is 1.77 bits per heavy atom. The molecule has 1 N–H and O–H groups in total. The number of benzene rings is 2. The number of hydrogen-bond donors (Lipinski definition) is 1. The van der Waals surface area contributed by atoms with Gasteiger partial charge >= 0.3 is 5.97 Å². The van der Waals surface area contributed by atoms with E-state index in [0.29, 0.717) is 27.0 Å². The molecular formula is C22H21Cl2N3O4. The Bertz CT molecular complexity index is 1190. The molecule has 3 aromatic rings. The van der Waals surface area contributed by atoms with Gasteiger partial charge in [-0.1, -0.05) is 47.5 Å². The molecule has 0 fully saturated rings. The van der Waals surface area contributed by atoms with Crippen LogP contribution in [0.2, 0.25) is 10.0 Å². The van der Waals surface area contributed by atoms with Gasteiger partial charge in [-0.25, -0.2) is 4.68 Å². The maximum atomic E-state index is 12.9. The summed E-state index contributed by atoms with van der Waals surface area (Å²) in [6.45, 7) is 3.16. The van der Waals surface area contributed by atoms with Gasteiger partial charge in [0.15, 0.2) is 6.10 Å². The lowest BCUT2D eigenvalue weighted by Gasteiger charge is -2.13. The lowest BCUT2D eigenvalue weighted by Crippen LogP contribution is -2.32. The molecule has 162 valence electrons. The zero-order valence-corrected chi connectivity index (χ0v) is 18.7. The summed E-state index contributed by atoms with van der Waals surface area (Å²) in [5, 5.41) is 3.29. The molecule has 1 heterocycles. The van der Waals surface area contributed by atoms with Crippen molar-refractivity contribution in [2.45, 2.75) is 26.4 Å². The highest BCUT2D eigenvalue weighted by atomic mass is 35.5. The van der Waals surface area contributed by atoms with Crippen LogP contribution in [0.15, 0.2) is 53.3 Å². The molecule has 1 unspecified atom stereocenters. The highest BCUT2D eigenvalue weighted by molar-refractivity contribution is 6.42. The number of rotatable bonds is 6. The van der Waals surface area contributed by atoms with Crippen molar-refractivity contribution in [3.05, 3.63) is 80.2 Å². The Morgan fingerprint density at radius 3 is 2.42 bits per heavy atom. The average molecular weight is 462 g/mol. The summed E-state index contributed by atoms with van der Waals surface area (Å²) in [7, 11) is 1.72. The molecule has 0 bridgehead atoms. The molecule has 0 aliphatic rings. The molecule has 3 rings (SSSR count). The van der Waals surface area contributed by atoms with Crippen LogP contribution in [0.5, 0.6) is 0 Å². The number of ether oxygens (including phenoxy) is 1. The zero-order valence-electron chi connectivity index (χ0n) is 17.2. The molecular weight excluding hydrogens is 441 g/mol. The van der Waals surface area contributed by atoms with Crippen LogP contribution in [0, 0.1) is 6.92 Å². The molecule has 7 nitrogen and oxygen atoms in total. The monoisotopic (exact) mass is 461 g/mol. The van der Waals surface area contributed by atoms with E-state index in [1.807, 2.05) is 18.2 Å². The fourth-order valence-electron chi connectivity index (χ4n) is 3.05. The number of carbonyl (C=O) groups excluding carboxylic acids is 2. The van der Waals surface area contributed by atoms with Crippen molar-refractivity contribution in [3.63, 3.8) is 0 Å². The number of aromatic nitrogens is 2. The summed E-state index contributed by atoms with van der Waals surface area (Å²) < 4.78 is 8.31. The second-order valence-electron chi connectivity index (χ2n) is 6.98. The lowest BCUT2D eigenvalue weighted by atomic mass is 10.1. The molecule has 1 amide bonds. The number of amides is 1. The Labute approximate surface area is 189 Å². The summed E-state index contributed by atoms with van der Waals surface area (Å²) in [6.07, 6.45) is -1.17. The number of nitrogens with one attached hydrogen (secondary N) is 1. The van der Waals surface area contributed by atoms with Crippen molar-refractivity contribution < 1.29 is 14.3 Å². The number of nitrogens with zero attached hydrogens (tertiary/aromatic N) is 2. The molecule has 0 saturated heterocycles. The van der Waals surface area contributed by atoms with E-state index in [1.165, 1.54) is 11.6 Å². The second-order valence-corrected chi connectivity index (χ2v) is 7.80. The van der Waals surface area contributed by atoms with E-state index in [1.54, 1.807) is 49.0 Å². The van der Waals surface area contributed by atoms with E-state index < -0.39 is 18.0 Å². The fraction of sp³-hybridized carbons (Fsp3) is 0.227. The largest absolute Gasteiger partial charge is 0.452 e. The fourth-order valence-corrected chi connectivity index (χ4v) is 3.37. The summed E-state index contributed by atoms with van der Waals surface area (Å²) in [6, 6.07) is 13.9. The van der Waals surface area contributed by atoms with Gasteiger partial charge in [0.05, 0.1) is 27.8 Å². The lowest BCUT2D eigenvalue weighted by molar-refractivity contribution is -0.152. The van der Waals surface area contributed by atoms with Crippen LogP contribution in [0.4, 0.5) is 5.69 Å². The van der Waals surface area contributed by atoms with Crippen molar-refractivity contribution in [3.8, 4) is 5.69 Å². The molecule has 0 aliphatic carbocycles. The third-order valence-electron chi connectivity index (χ3n) is 4.81. The van der Waals surface area contributed by atoms with Gasteiger partial charge in [0.1, 0.15) is 5.69 Å². The Kier molecular flexibility index (Phi) is 6.87. The number of carbonyl (C=O) groups is 2. The summed E-state index contributed by atoms with van der Waals surface area (Å²) in [5.41, 5.74) is 1.59. The average Bonchev–Trinajstić information content (AvgIpc) is 2.94. The molecule has 1 atom stereocenters. The van der Waals surface area contributed by atoms with Gasteiger partial charge in [-0.15, -0.1) is 0 Å². The Balaban J connectivity index is 1.70. The van der Waals surface area contributed by atoms with Gasteiger partial charge in [-0.3, -0.25) is 19.1 Å². The number of esters is 1. The van der Waals surface area contributed by atoms with Gasteiger partial charge in [-0.2, -0.15) is 0 Å². The third-order valence-corrected chi connectivity index (χ3v) is 5.55. The first-order valence-corrected chi connectivity index (χ1v) is 10.2. The zero-order chi connectivity index (χ0) is 22.7. The summed E-state index contributed by atoms with van der Waals surface area (Å²) in [4.78, 5) is 37.7. The highest BCUT2D eigenvalue weighted by Crippen LogP contribution is 2.23.